The Morgan fingerprint density at radius 2 is 2.53 bits per heavy atom. The van der Waals surface area contributed by atoms with Crippen molar-refractivity contribution >= 4 is 22.4 Å². The first-order chi connectivity index (χ1) is 9.08. The summed E-state index contributed by atoms with van der Waals surface area (Å²) in [5.74, 6) is 0.0624. The smallest absolute Gasteiger partial charge is 0.242 e. The summed E-state index contributed by atoms with van der Waals surface area (Å²) in [7, 11) is 1.76. The number of rotatable bonds is 5. The molecular formula is C13H21N3O2S. The average molecular weight is 283 g/mol. The Morgan fingerprint density at radius 3 is 3.16 bits per heavy atom. The average Bonchev–Trinajstić information content (AvgIpc) is 2.99. The summed E-state index contributed by atoms with van der Waals surface area (Å²) in [6.07, 6.45) is 4.31. The van der Waals surface area contributed by atoms with Crippen molar-refractivity contribution in [1.82, 2.24) is 9.88 Å². The van der Waals surface area contributed by atoms with E-state index in [0.29, 0.717) is 12.6 Å². The van der Waals surface area contributed by atoms with Gasteiger partial charge >= 0.3 is 0 Å². The van der Waals surface area contributed by atoms with Gasteiger partial charge in [0.2, 0.25) is 5.91 Å². The molecule has 0 radical (unpaired) electrons. The number of nitrogens with zero attached hydrogens (tertiary/aromatic N) is 3. The van der Waals surface area contributed by atoms with E-state index in [0.717, 1.165) is 30.9 Å². The Balaban J connectivity index is 1.91. The Bertz CT molecular complexity index is 408. The van der Waals surface area contributed by atoms with Crippen LogP contribution in [0.5, 0.6) is 0 Å². The lowest BCUT2D eigenvalue weighted by Crippen LogP contribution is -2.41. The summed E-state index contributed by atoms with van der Waals surface area (Å²) in [5, 5.41) is 12.1. The van der Waals surface area contributed by atoms with Crippen molar-refractivity contribution in [3.8, 4) is 0 Å². The maximum absolute atomic E-state index is 12.2. The molecule has 0 spiro atoms. The molecule has 1 fully saturated rings. The van der Waals surface area contributed by atoms with Gasteiger partial charge in [-0.25, -0.2) is 4.98 Å². The van der Waals surface area contributed by atoms with E-state index in [1.54, 1.807) is 25.1 Å². The van der Waals surface area contributed by atoms with Gasteiger partial charge in [-0.05, 0) is 32.7 Å². The van der Waals surface area contributed by atoms with E-state index in [1.165, 1.54) is 11.3 Å². The zero-order chi connectivity index (χ0) is 13.8. The highest BCUT2D eigenvalue weighted by molar-refractivity contribution is 7.13. The van der Waals surface area contributed by atoms with E-state index in [1.807, 2.05) is 5.38 Å². The highest BCUT2D eigenvalue weighted by atomic mass is 32.1. The minimum absolute atomic E-state index is 0.0624. The van der Waals surface area contributed by atoms with Gasteiger partial charge in [0.1, 0.15) is 0 Å². The number of likely N-dealkylation sites (tertiary alicyclic amines) is 1. The number of aliphatic hydroxyl groups is 1. The molecule has 1 aromatic heterocycles. The lowest BCUT2D eigenvalue weighted by atomic mass is 10.1. The van der Waals surface area contributed by atoms with Gasteiger partial charge in [-0.15, -0.1) is 11.3 Å². The molecule has 1 aliphatic heterocycles. The number of carbonyl (C=O) groups excluding carboxylic acids is 1. The van der Waals surface area contributed by atoms with Gasteiger partial charge in [0.25, 0.3) is 0 Å². The molecule has 0 aliphatic carbocycles. The summed E-state index contributed by atoms with van der Waals surface area (Å²) in [6.45, 7) is 3.16. The molecule has 1 aliphatic rings. The fourth-order valence-corrected chi connectivity index (χ4v) is 3.16. The first-order valence-electron chi connectivity index (χ1n) is 6.66. The summed E-state index contributed by atoms with van der Waals surface area (Å²) in [5.41, 5.74) is 0. The van der Waals surface area contributed by atoms with E-state index in [4.69, 9.17) is 0 Å². The number of likely N-dealkylation sites (N-methyl/N-ethyl adjacent to an activating group) is 1. The van der Waals surface area contributed by atoms with Gasteiger partial charge in [-0.1, -0.05) is 0 Å². The van der Waals surface area contributed by atoms with Crippen LogP contribution in [0.1, 0.15) is 26.2 Å². The highest BCUT2D eigenvalue weighted by Gasteiger charge is 2.28. The lowest BCUT2D eigenvalue weighted by molar-refractivity contribution is -0.119. The third kappa shape index (κ3) is 3.75. The van der Waals surface area contributed by atoms with Gasteiger partial charge in [0, 0.05) is 24.7 Å². The summed E-state index contributed by atoms with van der Waals surface area (Å²) < 4.78 is 0. The zero-order valence-electron chi connectivity index (χ0n) is 11.5. The number of aromatic nitrogens is 1. The van der Waals surface area contributed by atoms with Crippen LogP contribution in [-0.2, 0) is 4.79 Å². The fraction of sp³-hybridized carbons (Fsp3) is 0.692. The second-order valence-electron chi connectivity index (χ2n) is 5.12. The van der Waals surface area contributed by atoms with Crippen molar-refractivity contribution in [3.63, 3.8) is 0 Å². The Kier molecular flexibility index (Phi) is 4.90. The largest absolute Gasteiger partial charge is 0.393 e. The van der Waals surface area contributed by atoms with E-state index >= 15 is 0 Å². The SMILES string of the molecule is CC(O)CC1CCCN1CC(=O)N(C)c1nccs1. The van der Waals surface area contributed by atoms with Crippen LogP contribution in [0.3, 0.4) is 0 Å². The molecular weight excluding hydrogens is 262 g/mol. The quantitative estimate of drug-likeness (QED) is 0.886. The number of carbonyl (C=O) groups is 1. The molecule has 0 aromatic carbocycles. The Hall–Kier alpha value is -0.980. The summed E-state index contributed by atoms with van der Waals surface area (Å²) in [4.78, 5) is 20.2. The van der Waals surface area contributed by atoms with Crippen LogP contribution in [0.4, 0.5) is 5.13 Å². The maximum Gasteiger partial charge on any atom is 0.242 e. The van der Waals surface area contributed by atoms with Crippen LogP contribution in [0.2, 0.25) is 0 Å². The predicted molar refractivity (Wildman–Crippen MR) is 76.4 cm³/mol. The van der Waals surface area contributed by atoms with Gasteiger partial charge in [0.15, 0.2) is 5.13 Å². The normalized spacial score (nSPS) is 21.5. The minimum Gasteiger partial charge on any atom is -0.393 e. The summed E-state index contributed by atoms with van der Waals surface area (Å²) in [6, 6.07) is 0.327. The number of amides is 1. The van der Waals surface area contributed by atoms with E-state index in [9.17, 15) is 9.90 Å². The summed E-state index contributed by atoms with van der Waals surface area (Å²) >= 11 is 1.46. The Labute approximate surface area is 117 Å². The number of hydrogen-bond acceptors (Lipinski definition) is 5. The second kappa shape index (κ2) is 6.45. The molecule has 1 aromatic rings. The Morgan fingerprint density at radius 1 is 1.74 bits per heavy atom. The highest BCUT2D eigenvalue weighted by Crippen LogP contribution is 2.22. The molecule has 1 saturated heterocycles. The molecule has 2 rings (SSSR count). The van der Waals surface area contributed by atoms with Crippen LogP contribution >= 0.6 is 11.3 Å². The molecule has 0 bridgehead atoms. The number of anilines is 1. The molecule has 106 valence electrons. The van der Waals surface area contributed by atoms with Crippen molar-refractivity contribution in [2.75, 3.05) is 25.0 Å². The molecule has 2 atom stereocenters. The van der Waals surface area contributed by atoms with Gasteiger partial charge in [-0.3, -0.25) is 14.6 Å². The lowest BCUT2D eigenvalue weighted by Gasteiger charge is -2.26. The topological polar surface area (TPSA) is 56.7 Å². The van der Waals surface area contributed by atoms with Crippen molar-refractivity contribution in [3.05, 3.63) is 11.6 Å². The monoisotopic (exact) mass is 283 g/mol. The molecule has 5 nitrogen and oxygen atoms in total. The first kappa shape index (κ1) is 14.4. The number of hydrogen-bond donors (Lipinski definition) is 1. The second-order valence-corrected chi connectivity index (χ2v) is 5.99. The van der Waals surface area contributed by atoms with Crippen molar-refractivity contribution in [2.24, 2.45) is 0 Å². The molecule has 1 N–H and O–H groups in total. The maximum atomic E-state index is 12.2. The molecule has 1 amide bonds. The number of aliphatic hydroxyl groups excluding tert-OH is 1. The van der Waals surface area contributed by atoms with Crippen molar-refractivity contribution < 1.29 is 9.90 Å². The minimum atomic E-state index is -0.308. The first-order valence-corrected chi connectivity index (χ1v) is 7.54. The van der Waals surface area contributed by atoms with Crippen LogP contribution in [0.25, 0.3) is 0 Å². The third-order valence-corrected chi connectivity index (χ3v) is 4.38. The van der Waals surface area contributed by atoms with Gasteiger partial charge < -0.3 is 5.11 Å². The van der Waals surface area contributed by atoms with Gasteiger partial charge in [0.05, 0.1) is 12.6 Å². The zero-order valence-corrected chi connectivity index (χ0v) is 12.3. The van der Waals surface area contributed by atoms with Crippen LogP contribution in [0.15, 0.2) is 11.6 Å². The fourth-order valence-electron chi connectivity index (χ4n) is 2.53. The van der Waals surface area contributed by atoms with Crippen LogP contribution in [-0.4, -0.2) is 53.2 Å². The molecule has 0 saturated carbocycles. The third-order valence-electron chi connectivity index (χ3n) is 3.53. The van der Waals surface area contributed by atoms with Crippen LogP contribution < -0.4 is 4.90 Å². The van der Waals surface area contributed by atoms with Crippen molar-refractivity contribution in [2.45, 2.75) is 38.3 Å². The van der Waals surface area contributed by atoms with Crippen LogP contribution in [0, 0.1) is 0 Å². The van der Waals surface area contributed by atoms with Gasteiger partial charge in [-0.2, -0.15) is 0 Å². The predicted octanol–water partition coefficient (Wildman–Crippen LogP) is 1.34. The molecule has 2 unspecified atom stereocenters. The molecule has 19 heavy (non-hydrogen) atoms. The number of thiazole rings is 1. The van der Waals surface area contributed by atoms with Crippen molar-refractivity contribution in [1.29, 1.82) is 0 Å². The molecule has 2 heterocycles. The standard InChI is InChI=1S/C13H21N3O2S/c1-10(17)8-11-4-3-6-16(11)9-12(18)15(2)13-14-5-7-19-13/h5,7,10-11,17H,3-4,6,8-9H2,1-2H3. The van der Waals surface area contributed by atoms with E-state index in [2.05, 4.69) is 9.88 Å². The van der Waals surface area contributed by atoms with E-state index in [-0.39, 0.29) is 12.0 Å². The molecule has 6 heteroatoms. The van der Waals surface area contributed by atoms with E-state index < -0.39 is 0 Å².